The first kappa shape index (κ1) is 13.3. The van der Waals surface area contributed by atoms with Gasteiger partial charge in [0.15, 0.2) is 0 Å². The molecule has 2 rings (SSSR count). The molecule has 1 amide bonds. The highest BCUT2D eigenvalue weighted by Crippen LogP contribution is 2.23. The van der Waals surface area contributed by atoms with E-state index in [1.54, 1.807) is 6.07 Å². The molecule has 2 aromatic rings. The first-order valence-electron chi connectivity index (χ1n) is 5.18. The number of pyridine rings is 1. The molecule has 0 spiro atoms. The molecule has 0 aliphatic heterocycles. The zero-order valence-electron chi connectivity index (χ0n) is 9.52. The van der Waals surface area contributed by atoms with Crippen LogP contribution in [0.3, 0.4) is 0 Å². The molecule has 1 aromatic carbocycles. The summed E-state index contributed by atoms with van der Waals surface area (Å²) >= 11 is 3.19. The second-order valence-corrected chi connectivity index (χ2v) is 4.57. The summed E-state index contributed by atoms with van der Waals surface area (Å²) in [5, 5.41) is 11.5. The molecule has 0 unspecified atom stereocenters. The van der Waals surface area contributed by atoms with Crippen LogP contribution in [0.5, 0.6) is 5.75 Å². The minimum absolute atomic E-state index is 0.191. The van der Waals surface area contributed by atoms with Gasteiger partial charge in [-0.2, -0.15) is 0 Å². The van der Waals surface area contributed by atoms with Gasteiger partial charge in [-0.1, -0.05) is 0 Å². The van der Waals surface area contributed by atoms with Gasteiger partial charge in [-0.05, 0) is 34.1 Å². The van der Waals surface area contributed by atoms with Crippen molar-refractivity contribution in [3.63, 3.8) is 0 Å². The fraction of sp³-hybridized carbons (Fsp3) is 0. The summed E-state index contributed by atoms with van der Waals surface area (Å²) in [4.78, 5) is 15.8. The molecule has 1 heterocycles. The van der Waals surface area contributed by atoms with Crippen molar-refractivity contribution in [2.45, 2.75) is 0 Å². The number of phenolic OH excluding ortho intramolecular Hbond substituents is 1. The molecule has 0 aliphatic rings. The molecular weight excluding hydrogens is 317 g/mol. The van der Waals surface area contributed by atoms with Crippen LogP contribution in [0.1, 0.15) is 10.4 Å². The highest BCUT2D eigenvalue weighted by molar-refractivity contribution is 9.10. The Labute approximate surface area is 116 Å². The smallest absolute Gasteiger partial charge is 0.259 e. The molecule has 19 heavy (non-hydrogen) atoms. The standard InChI is InChI=1S/C12H9BrFN3O2/c13-9-3-6(15)5-16-11(9)17-12(19)8-2-1-7(18)4-10(8)14/h1-5,18H,15H2,(H,16,17,19). The third-order valence-electron chi connectivity index (χ3n) is 2.29. The highest BCUT2D eigenvalue weighted by Gasteiger charge is 2.14. The Bertz CT molecular complexity index is 649. The van der Waals surface area contributed by atoms with Gasteiger partial charge in [0, 0.05) is 6.07 Å². The third kappa shape index (κ3) is 3.00. The van der Waals surface area contributed by atoms with Gasteiger partial charge in [0.1, 0.15) is 17.4 Å². The zero-order chi connectivity index (χ0) is 14.0. The predicted molar refractivity (Wildman–Crippen MR) is 72.4 cm³/mol. The van der Waals surface area contributed by atoms with Gasteiger partial charge in [-0.25, -0.2) is 9.37 Å². The SMILES string of the molecule is Nc1cnc(NC(=O)c2ccc(O)cc2F)c(Br)c1. The van der Waals surface area contributed by atoms with Crippen LogP contribution >= 0.6 is 15.9 Å². The van der Waals surface area contributed by atoms with Crippen LogP contribution in [0.15, 0.2) is 34.9 Å². The summed E-state index contributed by atoms with van der Waals surface area (Å²) in [6.45, 7) is 0. The van der Waals surface area contributed by atoms with Gasteiger partial charge in [-0.15, -0.1) is 0 Å². The zero-order valence-corrected chi connectivity index (χ0v) is 11.1. The topological polar surface area (TPSA) is 88.2 Å². The number of nitrogen functional groups attached to an aromatic ring is 1. The number of nitrogens with one attached hydrogen (secondary N) is 1. The number of aromatic hydroxyl groups is 1. The van der Waals surface area contributed by atoms with Crippen LogP contribution in [-0.4, -0.2) is 16.0 Å². The van der Waals surface area contributed by atoms with Crippen molar-refractivity contribution in [3.8, 4) is 5.75 Å². The molecule has 98 valence electrons. The number of hydrogen-bond acceptors (Lipinski definition) is 4. The maximum absolute atomic E-state index is 13.5. The van der Waals surface area contributed by atoms with E-state index in [9.17, 15) is 9.18 Å². The molecule has 1 aromatic heterocycles. The van der Waals surface area contributed by atoms with Crippen molar-refractivity contribution in [1.29, 1.82) is 0 Å². The maximum atomic E-state index is 13.5. The Morgan fingerprint density at radius 2 is 2.16 bits per heavy atom. The van der Waals surface area contributed by atoms with Gasteiger partial charge < -0.3 is 16.2 Å². The van der Waals surface area contributed by atoms with Crippen molar-refractivity contribution in [2.75, 3.05) is 11.1 Å². The average Bonchev–Trinajstić information content (AvgIpc) is 2.32. The largest absolute Gasteiger partial charge is 0.508 e. The van der Waals surface area contributed by atoms with Crippen LogP contribution in [0.25, 0.3) is 0 Å². The Balaban J connectivity index is 2.25. The lowest BCUT2D eigenvalue weighted by Gasteiger charge is -2.07. The van der Waals surface area contributed by atoms with E-state index in [0.29, 0.717) is 10.2 Å². The Hall–Kier alpha value is -2.15. The second-order valence-electron chi connectivity index (χ2n) is 3.72. The number of hydrogen-bond donors (Lipinski definition) is 3. The number of carbonyl (C=O) groups is 1. The van der Waals surface area contributed by atoms with Crippen molar-refractivity contribution >= 4 is 33.3 Å². The lowest BCUT2D eigenvalue weighted by molar-refractivity contribution is 0.102. The number of nitrogens with two attached hydrogens (primary N) is 1. The maximum Gasteiger partial charge on any atom is 0.259 e. The molecule has 5 nitrogen and oxygen atoms in total. The van der Waals surface area contributed by atoms with Crippen molar-refractivity contribution in [1.82, 2.24) is 4.98 Å². The van der Waals surface area contributed by atoms with Gasteiger partial charge in [0.2, 0.25) is 0 Å². The van der Waals surface area contributed by atoms with Crippen LogP contribution in [0.2, 0.25) is 0 Å². The fourth-order valence-electron chi connectivity index (χ4n) is 1.41. The van der Waals surface area contributed by atoms with Gasteiger partial charge in [-0.3, -0.25) is 4.79 Å². The van der Waals surface area contributed by atoms with E-state index >= 15 is 0 Å². The monoisotopic (exact) mass is 325 g/mol. The van der Waals surface area contributed by atoms with E-state index in [1.807, 2.05) is 0 Å². The lowest BCUT2D eigenvalue weighted by atomic mass is 10.2. The molecule has 0 bridgehead atoms. The first-order valence-corrected chi connectivity index (χ1v) is 5.97. The molecular formula is C12H9BrFN3O2. The minimum Gasteiger partial charge on any atom is -0.508 e. The number of amides is 1. The molecule has 0 saturated carbocycles. The number of benzene rings is 1. The van der Waals surface area contributed by atoms with Crippen molar-refractivity contribution < 1.29 is 14.3 Å². The number of aromatic nitrogens is 1. The van der Waals surface area contributed by atoms with E-state index in [1.165, 1.54) is 18.3 Å². The Morgan fingerprint density at radius 1 is 1.42 bits per heavy atom. The molecule has 0 aliphatic carbocycles. The van der Waals surface area contributed by atoms with E-state index in [-0.39, 0.29) is 17.1 Å². The molecule has 0 radical (unpaired) electrons. The summed E-state index contributed by atoms with van der Waals surface area (Å²) in [5.41, 5.74) is 5.76. The normalized spacial score (nSPS) is 10.2. The van der Waals surface area contributed by atoms with Crippen LogP contribution < -0.4 is 11.1 Å². The van der Waals surface area contributed by atoms with Crippen molar-refractivity contribution in [2.24, 2.45) is 0 Å². The van der Waals surface area contributed by atoms with Crippen LogP contribution in [0.4, 0.5) is 15.9 Å². The van der Waals surface area contributed by atoms with Crippen LogP contribution in [0, 0.1) is 5.82 Å². The summed E-state index contributed by atoms with van der Waals surface area (Å²) in [6, 6.07) is 4.84. The van der Waals surface area contributed by atoms with E-state index in [0.717, 1.165) is 6.07 Å². The van der Waals surface area contributed by atoms with E-state index in [2.05, 4.69) is 26.2 Å². The number of phenols is 1. The number of halogens is 2. The van der Waals surface area contributed by atoms with Crippen LogP contribution in [-0.2, 0) is 0 Å². The number of carbonyl (C=O) groups excluding carboxylic acids is 1. The predicted octanol–water partition coefficient (Wildman–Crippen LogP) is 2.52. The molecule has 4 N–H and O–H groups in total. The second kappa shape index (κ2) is 5.23. The number of rotatable bonds is 2. The summed E-state index contributed by atoms with van der Waals surface area (Å²) in [7, 11) is 0. The number of nitrogens with zero attached hydrogens (tertiary/aromatic N) is 1. The van der Waals surface area contributed by atoms with Gasteiger partial charge in [0.25, 0.3) is 5.91 Å². The summed E-state index contributed by atoms with van der Waals surface area (Å²) < 4.78 is 14.0. The average molecular weight is 326 g/mol. The molecule has 0 fully saturated rings. The Morgan fingerprint density at radius 3 is 2.79 bits per heavy atom. The third-order valence-corrected chi connectivity index (χ3v) is 2.90. The quantitative estimate of drug-likeness (QED) is 0.791. The summed E-state index contributed by atoms with van der Waals surface area (Å²) in [6.07, 6.45) is 1.37. The molecule has 0 saturated heterocycles. The first-order chi connectivity index (χ1) is 8.97. The van der Waals surface area contributed by atoms with E-state index in [4.69, 9.17) is 10.8 Å². The van der Waals surface area contributed by atoms with E-state index < -0.39 is 11.7 Å². The lowest BCUT2D eigenvalue weighted by Crippen LogP contribution is -2.15. The fourth-order valence-corrected chi connectivity index (χ4v) is 1.87. The Kier molecular flexibility index (Phi) is 3.66. The van der Waals surface area contributed by atoms with Gasteiger partial charge in [0.05, 0.1) is 21.9 Å². The van der Waals surface area contributed by atoms with Crippen molar-refractivity contribution in [3.05, 3.63) is 46.3 Å². The highest BCUT2D eigenvalue weighted by atomic mass is 79.9. The molecule has 7 heteroatoms. The molecule has 0 atom stereocenters. The number of anilines is 2. The summed E-state index contributed by atoms with van der Waals surface area (Å²) in [5.74, 6) is -1.51. The minimum atomic E-state index is -0.816. The van der Waals surface area contributed by atoms with Gasteiger partial charge >= 0.3 is 0 Å².